The lowest BCUT2D eigenvalue weighted by Crippen LogP contribution is -2.33. The Morgan fingerprint density at radius 1 is 1.40 bits per heavy atom. The van der Waals surface area contributed by atoms with Crippen molar-refractivity contribution in [1.29, 1.82) is 0 Å². The summed E-state index contributed by atoms with van der Waals surface area (Å²) in [6, 6.07) is 4.55. The molecule has 0 radical (unpaired) electrons. The number of nitrogens with zero attached hydrogens (tertiary/aromatic N) is 1. The molecule has 2 heterocycles. The Morgan fingerprint density at radius 3 is 2.95 bits per heavy atom. The van der Waals surface area contributed by atoms with Gasteiger partial charge in [-0.3, -0.25) is 4.79 Å². The Bertz CT molecular complexity index is 437. The molecule has 0 aromatic carbocycles. The quantitative estimate of drug-likeness (QED) is 0.928. The Hall–Kier alpha value is -0.580. The van der Waals surface area contributed by atoms with Gasteiger partial charge >= 0.3 is 0 Å². The highest BCUT2D eigenvalue weighted by molar-refractivity contribution is 7.09. The average Bonchev–Trinajstić information content (AvgIpc) is 3.08. The van der Waals surface area contributed by atoms with E-state index in [1.165, 1.54) is 11.3 Å². The van der Waals surface area contributed by atoms with Gasteiger partial charge in [0.25, 0.3) is 0 Å². The lowest BCUT2D eigenvalue weighted by molar-refractivity contribution is -0.130. The highest BCUT2D eigenvalue weighted by Crippen LogP contribution is 2.37. The summed E-state index contributed by atoms with van der Waals surface area (Å²) in [4.78, 5) is 15.6. The van der Waals surface area contributed by atoms with Crippen LogP contribution in [0.2, 0.25) is 0 Å². The van der Waals surface area contributed by atoms with Gasteiger partial charge in [-0.2, -0.15) is 0 Å². The van der Waals surface area contributed by atoms with E-state index in [2.05, 4.69) is 22.4 Å². The summed E-state index contributed by atoms with van der Waals surface area (Å²) >= 11 is 1.78. The molecule has 3 rings (SSSR count). The van der Waals surface area contributed by atoms with E-state index >= 15 is 0 Å². The van der Waals surface area contributed by atoms with Crippen molar-refractivity contribution in [2.45, 2.75) is 38.1 Å². The molecule has 1 saturated heterocycles. The van der Waals surface area contributed by atoms with Crippen LogP contribution in [0.15, 0.2) is 17.5 Å². The van der Waals surface area contributed by atoms with Gasteiger partial charge in [0.1, 0.15) is 0 Å². The second kappa shape index (κ2) is 6.92. The van der Waals surface area contributed by atoms with Gasteiger partial charge in [0.05, 0.1) is 0 Å². The zero-order chi connectivity index (χ0) is 13.2. The molecule has 20 heavy (non-hydrogen) atoms. The van der Waals surface area contributed by atoms with E-state index in [1.54, 1.807) is 11.3 Å². The van der Waals surface area contributed by atoms with Gasteiger partial charge in [-0.05, 0) is 49.0 Å². The summed E-state index contributed by atoms with van der Waals surface area (Å²) in [6.07, 6.45) is 5.05. The number of halogens is 1. The first kappa shape index (κ1) is 15.8. The van der Waals surface area contributed by atoms with Crippen LogP contribution in [-0.2, 0) is 11.2 Å². The number of likely N-dealkylation sites (tertiary alicyclic amines) is 1. The van der Waals surface area contributed by atoms with E-state index in [4.69, 9.17) is 5.73 Å². The van der Waals surface area contributed by atoms with Crippen LogP contribution in [0.1, 0.15) is 30.6 Å². The molecule has 2 N–H and O–H groups in total. The number of aryl methyl sites for hydroxylation is 1. The van der Waals surface area contributed by atoms with Crippen molar-refractivity contribution < 1.29 is 4.79 Å². The fourth-order valence-corrected chi connectivity index (χ4v) is 4.29. The third-order valence-corrected chi connectivity index (χ3v) is 5.60. The predicted octanol–water partition coefficient (Wildman–Crippen LogP) is 2.69. The molecule has 0 bridgehead atoms. The van der Waals surface area contributed by atoms with Crippen molar-refractivity contribution in [3.63, 3.8) is 0 Å². The lowest BCUT2D eigenvalue weighted by Gasteiger charge is -2.18. The van der Waals surface area contributed by atoms with Crippen LogP contribution in [0.25, 0.3) is 0 Å². The lowest BCUT2D eigenvalue weighted by atomic mass is 9.98. The number of nitrogens with two attached hydrogens (primary N) is 1. The summed E-state index contributed by atoms with van der Waals surface area (Å²) in [5.41, 5.74) is 6.11. The maximum absolute atomic E-state index is 12.2. The maximum Gasteiger partial charge on any atom is 0.222 e. The molecule has 5 heteroatoms. The molecule has 1 aromatic rings. The Balaban J connectivity index is 0.00000147. The van der Waals surface area contributed by atoms with Crippen LogP contribution in [0.3, 0.4) is 0 Å². The summed E-state index contributed by atoms with van der Waals surface area (Å²) in [5.74, 6) is 1.58. The van der Waals surface area contributed by atoms with E-state index in [1.807, 2.05) is 0 Å². The van der Waals surface area contributed by atoms with E-state index in [0.29, 0.717) is 30.2 Å². The molecule has 3 unspecified atom stereocenters. The SMILES string of the molecule is Cl.NC1CCC2CN(C(=O)CCCc3cccs3)CC12. The topological polar surface area (TPSA) is 46.3 Å². The molecule has 3 nitrogen and oxygen atoms in total. The molecule has 1 saturated carbocycles. The summed E-state index contributed by atoms with van der Waals surface area (Å²) in [5, 5.41) is 2.10. The first-order chi connectivity index (χ1) is 9.24. The standard InChI is InChI=1S/C15H22N2OS.ClH/c16-14-7-6-11-9-17(10-13(11)14)15(18)5-1-3-12-4-2-8-19-12;/h2,4,8,11,13-14H,1,3,5-7,9-10,16H2;1H. The monoisotopic (exact) mass is 314 g/mol. The smallest absolute Gasteiger partial charge is 0.222 e. The van der Waals surface area contributed by atoms with Crippen molar-refractivity contribution in [2.75, 3.05) is 13.1 Å². The number of fused-ring (bicyclic) bond motifs is 1. The van der Waals surface area contributed by atoms with Crippen LogP contribution in [0, 0.1) is 11.8 Å². The van der Waals surface area contributed by atoms with E-state index in [0.717, 1.165) is 32.4 Å². The summed E-state index contributed by atoms with van der Waals surface area (Å²) in [7, 11) is 0. The molecule has 2 aliphatic rings. The zero-order valence-corrected chi connectivity index (χ0v) is 13.3. The Labute approximate surface area is 130 Å². The number of hydrogen-bond acceptors (Lipinski definition) is 3. The summed E-state index contributed by atoms with van der Waals surface area (Å²) in [6.45, 7) is 1.86. The number of hydrogen-bond donors (Lipinski definition) is 1. The third-order valence-electron chi connectivity index (χ3n) is 4.66. The molecule has 1 aliphatic heterocycles. The van der Waals surface area contributed by atoms with Crippen molar-refractivity contribution in [3.8, 4) is 0 Å². The molecular weight excluding hydrogens is 292 g/mol. The normalized spacial score (nSPS) is 28.2. The fraction of sp³-hybridized carbons (Fsp3) is 0.667. The van der Waals surface area contributed by atoms with Gasteiger partial charge in [-0.25, -0.2) is 0 Å². The minimum Gasteiger partial charge on any atom is -0.342 e. The third kappa shape index (κ3) is 3.35. The number of amides is 1. The first-order valence-corrected chi connectivity index (χ1v) is 8.18. The van der Waals surface area contributed by atoms with Gasteiger partial charge in [0.2, 0.25) is 5.91 Å². The van der Waals surface area contributed by atoms with E-state index < -0.39 is 0 Å². The minimum atomic E-state index is 0. The molecular formula is C15H23ClN2OS. The molecule has 1 amide bonds. The molecule has 3 atom stereocenters. The van der Waals surface area contributed by atoms with Gasteiger partial charge < -0.3 is 10.6 Å². The highest BCUT2D eigenvalue weighted by atomic mass is 35.5. The van der Waals surface area contributed by atoms with Gasteiger partial charge in [-0.1, -0.05) is 6.07 Å². The number of thiophene rings is 1. The van der Waals surface area contributed by atoms with Gasteiger partial charge in [0.15, 0.2) is 0 Å². The molecule has 1 aliphatic carbocycles. The van der Waals surface area contributed by atoms with Crippen LogP contribution in [-0.4, -0.2) is 29.9 Å². The van der Waals surface area contributed by atoms with Crippen LogP contribution >= 0.6 is 23.7 Å². The van der Waals surface area contributed by atoms with Crippen molar-refractivity contribution in [1.82, 2.24) is 4.90 Å². The molecule has 0 spiro atoms. The number of rotatable bonds is 4. The van der Waals surface area contributed by atoms with Crippen molar-refractivity contribution >= 4 is 29.7 Å². The highest BCUT2D eigenvalue weighted by Gasteiger charge is 2.42. The first-order valence-electron chi connectivity index (χ1n) is 7.30. The van der Waals surface area contributed by atoms with Gasteiger partial charge in [0, 0.05) is 30.4 Å². The van der Waals surface area contributed by atoms with Crippen molar-refractivity contribution in [3.05, 3.63) is 22.4 Å². The van der Waals surface area contributed by atoms with Crippen LogP contribution < -0.4 is 5.73 Å². The van der Waals surface area contributed by atoms with Gasteiger partial charge in [-0.15, -0.1) is 23.7 Å². The maximum atomic E-state index is 12.2. The van der Waals surface area contributed by atoms with Crippen molar-refractivity contribution in [2.24, 2.45) is 17.6 Å². The Morgan fingerprint density at radius 2 is 2.25 bits per heavy atom. The Kier molecular flexibility index (Phi) is 5.47. The molecule has 2 fully saturated rings. The second-order valence-corrected chi connectivity index (χ2v) is 6.93. The largest absolute Gasteiger partial charge is 0.342 e. The molecule has 1 aromatic heterocycles. The second-order valence-electron chi connectivity index (χ2n) is 5.90. The predicted molar refractivity (Wildman–Crippen MR) is 85.3 cm³/mol. The molecule has 112 valence electrons. The fourth-order valence-electron chi connectivity index (χ4n) is 3.54. The van der Waals surface area contributed by atoms with Crippen LogP contribution in [0.5, 0.6) is 0 Å². The number of carbonyl (C=O) groups excluding carboxylic acids is 1. The van der Waals surface area contributed by atoms with Crippen LogP contribution in [0.4, 0.5) is 0 Å². The zero-order valence-electron chi connectivity index (χ0n) is 11.7. The summed E-state index contributed by atoms with van der Waals surface area (Å²) < 4.78 is 0. The minimum absolute atomic E-state index is 0. The average molecular weight is 315 g/mol. The van der Waals surface area contributed by atoms with E-state index in [9.17, 15) is 4.79 Å². The van der Waals surface area contributed by atoms with E-state index in [-0.39, 0.29) is 12.4 Å². The number of carbonyl (C=O) groups is 1.